The average molecular weight is 472 g/mol. The number of hydrogen-bond donors (Lipinski definition) is 2. The lowest BCUT2D eigenvalue weighted by molar-refractivity contribution is -0.138. The highest BCUT2D eigenvalue weighted by molar-refractivity contribution is 6.31. The molecule has 4 nitrogen and oxygen atoms in total. The Balaban J connectivity index is 1.46. The molecule has 0 bridgehead atoms. The summed E-state index contributed by atoms with van der Waals surface area (Å²) in [5.74, 6) is -1.43. The number of aliphatic carboxylic acids is 1. The number of benzene rings is 3. The van der Waals surface area contributed by atoms with Crippen LogP contribution in [0, 0.1) is 0 Å². The van der Waals surface area contributed by atoms with Crippen molar-refractivity contribution in [3.63, 3.8) is 0 Å². The van der Waals surface area contributed by atoms with E-state index in [2.05, 4.69) is 4.98 Å². The van der Waals surface area contributed by atoms with E-state index in [1.54, 1.807) is 6.92 Å². The summed E-state index contributed by atoms with van der Waals surface area (Å²) in [5, 5.41) is 21.9. The lowest BCUT2D eigenvalue weighted by Gasteiger charge is -2.16. The summed E-state index contributed by atoms with van der Waals surface area (Å²) >= 11 is 6.09. The maximum atomic E-state index is 11.4. The third-order valence-corrected chi connectivity index (χ3v) is 6.23. The summed E-state index contributed by atoms with van der Waals surface area (Å²) in [4.78, 5) is 16.1. The van der Waals surface area contributed by atoms with Gasteiger partial charge in [-0.3, -0.25) is 4.79 Å². The first-order valence-corrected chi connectivity index (χ1v) is 11.6. The molecule has 0 radical (unpaired) electrons. The molecule has 0 amide bonds. The number of halogens is 1. The number of pyridine rings is 1. The molecule has 5 heteroatoms. The van der Waals surface area contributed by atoms with Gasteiger partial charge in [-0.05, 0) is 72.4 Å². The van der Waals surface area contributed by atoms with Crippen LogP contribution in [0.4, 0.5) is 0 Å². The molecular weight excluding hydrogens is 446 g/mol. The largest absolute Gasteiger partial charge is 0.481 e. The highest BCUT2D eigenvalue weighted by Gasteiger charge is 2.18. The van der Waals surface area contributed by atoms with Crippen molar-refractivity contribution in [1.82, 2.24) is 4.98 Å². The van der Waals surface area contributed by atoms with Crippen LogP contribution < -0.4 is 0 Å². The van der Waals surface area contributed by atoms with E-state index in [0.29, 0.717) is 17.9 Å². The van der Waals surface area contributed by atoms with E-state index in [1.807, 2.05) is 91.0 Å². The molecule has 2 atom stereocenters. The van der Waals surface area contributed by atoms with Gasteiger partial charge in [-0.15, -0.1) is 0 Å². The van der Waals surface area contributed by atoms with Gasteiger partial charge in [-0.2, -0.15) is 0 Å². The second-order valence-electron chi connectivity index (χ2n) is 8.39. The Labute approximate surface area is 204 Å². The van der Waals surface area contributed by atoms with Crippen LogP contribution in [-0.4, -0.2) is 21.2 Å². The van der Waals surface area contributed by atoms with Gasteiger partial charge in [0.15, 0.2) is 0 Å². The third kappa shape index (κ3) is 5.71. The molecule has 0 aliphatic heterocycles. The summed E-state index contributed by atoms with van der Waals surface area (Å²) < 4.78 is 0. The monoisotopic (exact) mass is 471 g/mol. The molecule has 0 spiro atoms. The molecule has 34 heavy (non-hydrogen) atoms. The molecule has 1 heterocycles. The lowest BCUT2D eigenvalue weighted by atomic mass is 9.91. The Morgan fingerprint density at radius 3 is 2.62 bits per heavy atom. The smallest absolute Gasteiger partial charge is 0.310 e. The van der Waals surface area contributed by atoms with Crippen LogP contribution in [0.3, 0.4) is 0 Å². The molecule has 172 valence electrons. The molecule has 1 aromatic heterocycles. The number of nitrogens with zero attached hydrogens (tertiary/aromatic N) is 1. The molecule has 3 aromatic carbocycles. The van der Waals surface area contributed by atoms with Crippen LogP contribution in [-0.2, 0) is 11.2 Å². The molecule has 0 saturated carbocycles. The summed E-state index contributed by atoms with van der Waals surface area (Å²) in [6, 6.07) is 24.9. The fourth-order valence-electron chi connectivity index (χ4n) is 4.03. The quantitative estimate of drug-likeness (QED) is 0.293. The Bertz CT molecular complexity index is 1350. The van der Waals surface area contributed by atoms with Gasteiger partial charge in [0, 0.05) is 10.4 Å². The van der Waals surface area contributed by atoms with Gasteiger partial charge in [-0.25, -0.2) is 4.98 Å². The minimum atomic E-state index is -0.850. The number of carbonyl (C=O) groups is 1. The van der Waals surface area contributed by atoms with Crippen molar-refractivity contribution in [3.05, 3.63) is 112 Å². The number of carboxylic acids is 1. The van der Waals surface area contributed by atoms with E-state index >= 15 is 0 Å². The summed E-state index contributed by atoms with van der Waals surface area (Å²) in [5.41, 5.74) is 5.20. The molecule has 2 N–H and O–H groups in total. The predicted octanol–water partition coefficient (Wildman–Crippen LogP) is 6.91. The maximum absolute atomic E-state index is 11.4. The minimum absolute atomic E-state index is 0.503. The lowest BCUT2D eigenvalue weighted by Crippen LogP contribution is -2.10. The predicted molar refractivity (Wildman–Crippen MR) is 138 cm³/mol. The number of aliphatic hydroxyl groups is 1. The topological polar surface area (TPSA) is 70.4 Å². The molecular formula is C29H26ClNO3. The highest BCUT2D eigenvalue weighted by atomic mass is 35.5. The first kappa shape index (κ1) is 23.7. The standard InChI is InChI=1S/C29H26ClNO3/c1-19(29(33)34)26-8-3-2-6-21(26)12-16-28(32)23-7-4-5-20(17-23)9-14-25-15-11-22-10-13-24(30)18-27(22)31-25/h2-11,13-15,17-19,28,32H,12,16H2,1H3,(H,33,34)/t19?,28-/m1/s1. The summed E-state index contributed by atoms with van der Waals surface area (Å²) in [7, 11) is 0. The van der Waals surface area contributed by atoms with Gasteiger partial charge >= 0.3 is 5.97 Å². The first-order chi connectivity index (χ1) is 16.4. The maximum Gasteiger partial charge on any atom is 0.310 e. The number of aliphatic hydroxyl groups excluding tert-OH is 1. The first-order valence-electron chi connectivity index (χ1n) is 11.2. The Kier molecular flexibility index (Phi) is 7.41. The van der Waals surface area contributed by atoms with Crippen molar-refractivity contribution in [2.24, 2.45) is 0 Å². The third-order valence-electron chi connectivity index (χ3n) is 6.00. The van der Waals surface area contributed by atoms with E-state index in [-0.39, 0.29) is 0 Å². The van der Waals surface area contributed by atoms with Gasteiger partial charge in [0.25, 0.3) is 0 Å². The number of carboxylic acid groups (broad SMARTS) is 1. The second kappa shape index (κ2) is 10.6. The van der Waals surface area contributed by atoms with Gasteiger partial charge in [-0.1, -0.05) is 72.3 Å². The van der Waals surface area contributed by atoms with E-state index in [9.17, 15) is 15.0 Å². The number of rotatable bonds is 8. The van der Waals surface area contributed by atoms with Crippen molar-refractivity contribution >= 4 is 40.6 Å². The van der Waals surface area contributed by atoms with E-state index in [4.69, 9.17) is 11.6 Å². The SMILES string of the molecule is CC(C(=O)O)c1ccccc1CC[C@@H](O)c1cccc(C=Cc2ccc3ccc(Cl)cc3n2)c1. The van der Waals surface area contributed by atoms with Crippen LogP contribution in [0.25, 0.3) is 23.1 Å². The highest BCUT2D eigenvalue weighted by Crippen LogP contribution is 2.26. The molecule has 4 rings (SSSR count). The fourth-order valence-corrected chi connectivity index (χ4v) is 4.19. The van der Waals surface area contributed by atoms with Gasteiger partial charge in [0.2, 0.25) is 0 Å². The number of aryl methyl sites for hydroxylation is 1. The minimum Gasteiger partial charge on any atom is -0.481 e. The number of fused-ring (bicyclic) bond motifs is 1. The van der Waals surface area contributed by atoms with Crippen LogP contribution in [0.5, 0.6) is 0 Å². The van der Waals surface area contributed by atoms with Crippen LogP contribution in [0.1, 0.15) is 53.3 Å². The van der Waals surface area contributed by atoms with Crippen molar-refractivity contribution in [1.29, 1.82) is 0 Å². The molecule has 0 fully saturated rings. The summed E-state index contributed by atoms with van der Waals surface area (Å²) in [6.07, 6.45) is 4.36. The van der Waals surface area contributed by atoms with E-state index in [1.165, 1.54) is 0 Å². The van der Waals surface area contributed by atoms with Crippen molar-refractivity contribution < 1.29 is 15.0 Å². The van der Waals surface area contributed by atoms with Crippen molar-refractivity contribution in [3.8, 4) is 0 Å². The van der Waals surface area contributed by atoms with Gasteiger partial charge < -0.3 is 10.2 Å². The zero-order chi connectivity index (χ0) is 24.1. The Morgan fingerprint density at radius 2 is 1.79 bits per heavy atom. The van der Waals surface area contributed by atoms with Crippen LogP contribution in [0.2, 0.25) is 5.02 Å². The molecule has 4 aromatic rings. The Morgan fingerprint density at radius 1 is 1.00 bits per heavy atom. The zero-order valence-electron chi connectivity index (χ0n) is 18.9. The van der Waals surface area contributed by atoms with Gasteiger partial charge in [0.1, 0.15) is 0 Å². The molecule has 1 unspecified atom stereocenters. The van der Waals surface area contributed by atoms with E-state index in [0.717, 1.165) is 38.9 Å². The van der Waals surface area contributed by atoms with Crippen molar-refractivity contribution in [2.75, 3.05) is 0 Å². The normalized spacial score (nSPS) is 13.3. The second-order valence-corrected chi connectivity index (χ2v) is 8.83. The van der Waals surface area contributed by atoms with Gasteiger partial charge in [0.05, 0.1) is 23.2 Å². The number of aromatic nitrogens is 1. The van der Waals surface area contributed by atoms with E-state index < -0.39 is 18.0 Å². The molecule has 0 saturated heterocycles. The fraction of sp³-hybridized carbons (Fsp3) is 0.172. The average Bonchev–Trinajstić information content (AvgIpc) is 2.85. The number of hydrogen-bond acceptors (Lipinski definition) is 3. The van der Waals surface area contributed by atoms with Crippen LogP contribution >= 0.6 is 11.6 Å². The molecule has 0 aliphatic rings. The molecule has 0 aliphatic carbocycles. The Hall–Kier alpha value is -3.47. The van der Waals surface area contributed by atoms with Crippen molar-refractivity contribution in [2.45, 2.75) is 31.8 Å². The summed E-state index contributed by atoms with van der Waals surface area (Å²) in [6.45, 7) is 1.69. The van der Waals surface area contributed by atoms with Crippen LogP contribution in [0.15, 0.2) is 78.9 Å². The zero-order valence-corrected chi connectivity index (χ0v) is 19.6.